The number of hydrogen-bond acceptors (Lipinski definition) is 4. The molecule has 1 saturated heterocycles. The molecule has 1 aromatic carbocycles. The largest absolute Gasteiger partial charge is 0.379 e. The van der Waals surface area contributed by atoms with E-state index in [2.05, 4.69) is 15.2 Å². The minimum Gasteiger partial charge on any atom is -0.379 e. The molecular formula is C18H20FN3O3. The van der Waals surface area contributed by atoms with E-state index in [4.69, 9.17) is 4.74 Å². The molecule has 2 aromatic rings. The molecule has 1 atom stereocenters. The predicted octanol–water partition coefficient (Wildman–Crippen LogP) is 1.32. The van der Waals surface area contributed by atoms with Gasteiger partial charge in [0.2, 0.25) is 0 Å². The quantitative estimate of drug-likeness (QED) is 0.857. The SMILES string of the molecule is O=C(NCC(c1cccc(F)c1)N1CCOCC1)c1ccc[nH]c1=O. The zero-order valence-electron chi connectivity index (χ0n) is 13.7. The maximum absolute atomic E-state index is 13.6. The van der Waals surface area contributed by atoms with Gasteiger partial charge in [0.05, 0.1) is 19.3 Å². The lowest BCUT2D eigenvalue weighted by atomic mass is 10.0. The first-order valence-electron chi connectivity index (χ1n) is 8.18. The van der Waals surface area contributed by atoms with Crippen molar-refractivity contribution in [3.63, 3.8) is 0 Å². The lowest BCUT2D eigenvalue weighted by molar-refractivity contribution is 0.0162. The molecule has 0 spiro atoms. The van der Waals surface area contributed by atoms with Gasteiger partial charge in [0.1, 0.15) is 11.4 Å². The lowest BCUT2D eigenvalue weighted by Gasteiger charge is -2.34. The Morgan fingerprint density at radius 1 is 1.28 bits per heavy atom. The van der Waals surface area contributed by atoms with Gasteiger partial charge in [0, 0.05) is 25.8 Å². The van der Waals surface area contributed by atoms with Crippen LogP contribution in [0.4, 0.5) is 4.39 Å². The van der Waals surface area contributed by atoms with Crippen LogP contribution in [-0.2, 0) is 4.74 Å². The van der Waals surface area contributed by atoms with Crippen LogP contribution in [0.1, 0.15) is 22.0 Å². The first kappa shape index (κ1) is 17.3. The van der Waals surface area contributed by atoms with Gasteiger partial charge >= 0.3 is 0 Å². The third-order valence-electron chi connectivity index (χ3n) is 4.24. The van der Waals surface area contributed by atoms with Crippen molar-refractivity contribution in [2.75, 3.05) is 32.8 Å². The fraction of sp³-hybridized carbons (Fsp3) is 0.333. The highest BCUT2D eigenvalue weighted by Crippen LogP contribution is 2.22. The van der Waals surface area contributed by atoms with Crippen molar-refractivity contribution < 1.29 is 13.9 Å². The van der Waals surface area contributed by atoms with Gasteiger partial charge in [-0.05, 0) is 29.8 Å². The molecule has 1 aromatic heterocycles. The van der Waals surface area contributed by atoms with Crippen LogP contribution < -0.4 is 10.9 Å². The number of aromatic amines is 1. The number of carbonyl (C=O) groups is 1. The molecular weight excluding hydrogens is 325 g/mol. The highest BCUT2D eigenvalue weighted by molar-refractivity contribution is 5.93. The second-order valence-electron chi connectivity index (χ2n) is 5.84. The summed E-state index contributed by atoms with van der Waals surface area (Å²) in [6, 6.07) is 9.24. The van der Waals surface area contributed by atoms with Crippen LogP contribution in [-0.4, -0.2) is 48.6 Å². The predicted molar refractivity (Wildman–Crippen MR) is 90.9 cm³/mol. The number of morpholine rings is 1. The summed E-state index contributed by atoms with van der Waals surface area (Å²) in [5.74, 6) is -0.766. The topological polar surface area (TPSA) is 74.4 Å². The zero-order valence-corrected chi connectivity index (χ0v) is 13.7. The van der Waals surface area contributed by atoms with Crippen LogP contribution in [0.3, 0.4) is 0 Å². The number of carbonyl (C=O) groups excluding carboxylic acids is 1. The molecule has 1 aliphatic heterocycles. The average Bonchev–Trinajstić information content (AvgIpc) is 2.63. The summed E-state index contributed by atoms with van der Waals surface area (Å²) in [7, 11) is 0. The smallest absolute Gasteiger partial charge is 0.260 e. The minimum absolute atomic E-state index is 0.0578. The van der Waals surface area contributed by atoms with Crippen molar-refractivity contribution in [2.45, 2.75) is 6.04 Å². The molecule has 1 aliphatic rings. The van der Waals surface area contributed by atoms with Gasteiger partial charge in [-0.3, -0.25) is 14.5 Å². The number of hydrogen-bond donors (Lipinski definition) is 2. The summed E-state index contributed by atoms with van der Waals surface area (Å²) in [4.78, 5) is 28.7. The Labute approximate surface area is 144 Å². The summed E-state index contributed by atoms with van der Waals surface area (Å²) in [6.45, 7) is 2.86. The summed E-state index contributed by atoms with van der Waals surface area (Å²) < 4.78 is 19.0. The molecule has 1 amide bonds. The minimum atomic E-state index is -0.448. The number of nitrogens with one attached hydrogen (secondary N) is 2. The van der Waals surface area contributed by atoms with Crippen molar-refractivity contribution in [1.29, 1.82) is 0 Å². The molecule has 0 aliphatic carbocycles. The fourth-order valence-corrected chi connectivity index (χ4v) is 2.95. The monoisotopic (exact) mass is 345 g/mol. The number of amides is 1. The van der Waals surface area contributed by atoms with E-state index in [-0.39, 0.29) is 24.0 Å². The number of ether oxygens (including phenoxy) is 1. The Hall–Kier alpha value is -2.51. The maximum atomic E-state index is 13.6. The number of aromatic nitrogens is 1. The number of pyridine rings is 1. The van der Waals surface area contributed by atoms with Crippen LogP contribution in [0, 0.1) is 5.82 Å². The van der Waals surface area contributed by atoms with Crippen molar-refractivity contribution in [2.24, 2.45) is 0 Å². The molecule has 3 rings (SSSR count). The normalized spacial score (nSPS) is 16.4. The standard InChI is InChI=1S/C18H20FN3O3/c19-14-4-1-3-13(11-14)16(22-7-9-25-10-8-22)12-21-18(24)15-5-2-6-20-17(15)23/h1-6,11,16H,7-10,12H2,(H,20,23)(H,21,24). The highest BCUT2D eigenvalue weighted by atomic mass is 19.1. The van der Waals surface area contributed by atoms with Gasteiger partial charge < -0.3 is 15.0 Å². The van der Waals surface area contributed by atoms with E-state index < -0.39 is 11.5 Å². The third kappa shape index (κ3) is 4.32. The van der Waals surface area contributed by atoms with Gasteiger partial charge in [-0.2, -0.15) is 0 Å². The summed E-state index contributed by atoms with van der Waals surface area (Å²) in [5.41, 5.74) is 0.403. The van der Waals surface area contributed by atoms with Crippen LogP contribution in [0.15, 0.2) is 47.4 Å². The first-order valence-corrected chi connectivity index (χ1v) is 8.18. The Balaban J connectivity index is 1.76. The van der Waals surface area contributed by atoms with Crippen LogP contribution in [0.5, 0.6) is 0 Å². The van der Waals surface area contributed by atoms with E-state index in [1.165, 1.54) is 24.4 Å². The summed E-state index contributed by atoms with van der Waals surface area (Å²) in [5, 5.41) is 2.79. The lowest BCUT2D eigenvalue weighted by Crippen LogP contribution is -2.44. The molecule has 7 heteroatoms. The number of halogens is 1. The average molecular weight is 345 g/mol. The molecule has 2 N–H and O–H groups in total. The van der Waals surface area contributed by atoms with Crippen LogP contribution >= 0.6 is 0 Å². The molecule has 0 saturated carbocycles. The second-order valence-corrected chi connectivity index (χ2v) is 5.84. The molecule has 132 valence electrons. The van der Waals surface area contributed by atoms with Crippen molar-refractivity contribution >= 4 is 5.91 Å². The number of nitrogens with zero attached hydrogens (tertiary/aromatic N) is 1. The van der Waals surface area contributed by atoms with Crippen molar-refractivity contribution in [3.8, 4) is 0 Å². The van der Waals surface area contributed by atoms with Gasteiger partial charge in [-0.15, -0.1) is 0 Å². The Bertz CT molecular complexity index is 787. The van der Waals surface area contributed by atoms with Crippen molar-refractivity contribution in [1.82, 2.24) is 15.2 Å². The molecule has 25 heavy (non-hydrogen) atoms. The molecule has 1 fully saturated rings. The van der Waals surface area contributed by atoms with E-state index in [9.17, 15) is 14.0 Å². The van der Waals surface area contributed by atoms with Gasteiger partial charge in [0.15, 0.2) is 0 Å². The fourth-order valence-electron chi connectivity index (χ4n) is 2.95. The Kier molecular flexibility index (Phi) is 5.57. The number of benzene rings is 1. The molecule has 1 unspecified atom stereocenters. The molecule has 2 heterocycles. The van der Waals surface area contributed by atoms with Crippen molar-refractivity contribution in [3.05, 3.63) is 69.9 Å². The Morgan fingerprint density at radius 3 is 2.80 bits per heavy atom. The first-order chi connectivity index (χ1) is 12.1. The van der Waals surface area contributed by atoms with E-state index in [1.807, 2.05) is 6.07 Å². The highest BCUT2D eigenvalue weighted by Gasteiger charge is 2.24. The number of rotatable bonds is 5. The maximum Gasteiger partial charge on any atom is 0.260 e. The van der Waals surface area contributed by atoms with E-state index in [0.717, 1.165) is 5.56 Å². The zero-order chi connectivity index (χ0) is 17.6. The third-order valence-corrected chi connectivity index (χ3v) is 4.24. The van der Waals surface area contributed by atoms with Crippen LogP contribution in [0.25, 0.3) is 0 Å². The second kappa shape index (κ2) is 8.04. The summed E-state index contributed by atoms with van der Waals surface area (Å²) >= 11 is 0. The van der Waals surface area contributed by atoms with Gasteiger partial charge in [-0.25, -0.2) is 4.39 Å². The number of H-pyrrole nitrogens is 1. The van der Waals surface area contributed by atoms with E-state index >= 15 is 0 Å². The van der Waals surface area contributed by atoms with Gasteiger partial charge in [0.25, 0.3) is 11.5 Å². The molecule has 0 bridgehead atoms. The Morgan fingerprint density at radius 2 is 2.08 bits per heavy atom. The van der Waals surface area contributed by atoms with E-state index in [1.54, 1.807) is 12.1 Å². The van der Waals surface area contributed by atoms with E-state index in [0.29, 0.717) is 26.3 Å². The van der Waals surface area contributed by atoms with Crippen LogP contribution in [0.2, 0.25) is 0 Å². The van der Waals surface area contributed by atoms with Gasteiger partial charge in [-0.1, -0.05) is 12.1 Å². The molecule has 6 nitrogen and oxygen atoms in total. The molecule has 0 radical (unpaired) electrons. The summed E-state index contributed by atoms with van der Waals surface area (Å²) in [6.07, 6.45) is 1.47.